The third-order valence-electron chi connectivity index (χ3n) is 4.64. The summed E-state index contributed by atoms with van der Waals surface area (Å²) in [6.07, 6.45) is 0.554. The van der Waals surface area contributed by atoms with Gasteiger partial charge >= 0.3 is 0 Å². The number of benzene rings is 1. The summed E-state index contributed by atoms with van der Waals surface area (Å²) >= 11 is 0. The van der Waals surface area contributed by atoms with Crippen molar-refractivity contribution in [3.05, 3.63) is 67.7 Å². The van der Waals surface area contributed by atoms with Crippen LogP contribution in [-0.2, 0) is 24.2 Å². The number of hydrogen-bond donors (Lipinski definition) is 2. The number of fused-ring (bicyclic) bond motifs is 2. The number of aryl methyl sites for hydroxylation is 1. The molecule has 1 aliphatic rings. The van der Waals surface area contributed by atoms with Gasteiger partial charge in [-0.3, -0.25) is 14.4 Å². The number of carbonyl (C=O) groups excluding carboxylic acids is 1. The monoisotopic (exact) mass is 351 g/mol. The molecule has 2 N–H and O–H groups in total. The Kier molecular flexibility index (Phi) is 3.87. The zero-order chi connectivity index (χ0) is 18.3. The average Bonchev–Trinajstić information content (AvgIpc) is 2.63. The lowest BCUT2D eigenvalue weighted by Gasteiger charge is -2.27. The highest BCUT2D eigenvalue weighted by atomic mass is 16.2. The number of H-pyrrole nitrogens is 2. The maximum Gasteiger partial charge on any atom is 0.272 e. The van der Waals surface area contributed by atoms with E-state index >= 15 is 0 Å². The van der Waals surface area contributed by atoms with Crippen molar-refractivity contribution in [2.24, 2.45) is 0 Å². The molecule has 1 amide bonds. The number of rotatable bonds is 2. The molecule has 3 heterocycles. The molecule has 1 aromatic carbocycles. The molecule has 4 rings (SSSR count). The van der Waals surface area contributed by atoms with E-state index in [2.05, 4.69) is 20.2 Å². The van der Waals surface area contributed by atoms with Gasteiger partial charge in [-0.05, 0) is 19.4 Å². The van der Waals surface area contributed by atoms with Gasteiger partial charge in [-0.15, -0.1) is 0 Å². The van der Waals surface area contributed by atoms with Crippen LogP contribution in [0.25, 0.3) is 10.8 Å². The van der Waals surface area contributed by atoms with Gasteiger partial charge in [-0.25, -0.2) is 10.1 Å². The number of hydrogen-bond acceptors (Lipinski definition) is 5. The number of nitrogens with zero attached hydrogens (tertiary/aromatic N) is 3. The van der Waals surface area contributed by atoms with E-state index in [0.717, 1.165) is 0 Å². The van der Waals surface area contributed by atoms with Gasteiger partial charge in [0.05, 0.1) is 29.7 Å². The van der Waals surface area contributed by atoms with Crippen LogP contribution in [0.2, 0.25) is 0 Å². The Bertz CT molecular complexity index is 1130. The van der Waals surface area contributed by atoms with Crippen molar-refractivity contribution in [3.8, 4) is 0 Å². The fourth-order valence-electron chi connectivity index (χ4n) is 3.34. The molecular formula is C18H17N5O3. The van der Waals surface area contributed by atoms with Crippen molar-refractivity contribution >= 4 is 16.7 Å². The second kappa shape index (κ2) is 6.21. The summed E-state index contributed by atoms with van der Waals surface area (Å²) in [6, 6.07) is 7.08. The van der Waals surface area contributed by atoms with Gasteiger partial charge in [-0.1, -0.05) is 18.2 Å². The summed E-state index contributed by atoms with van der Waals surface area (Å²) in [6.45, 7) is 2.49. The van der Waals surface area contributed by atoms with Crippen molar-refractivity contribution < 1.29 is 4.79 Å². The molecule has 0 radical (unpaired) electrons. The summed E-state index contributed by atoms with van der Waals surface area (Å²) in [5.41, 5.74) is 1.42. The topological polar surface area (TPSA) is 112 Å². The Hall–Kier alpha value is -3.29. The smallest absolute Gasteiger partial charge is 0.272 e. The fourth-order valence-corrected chi connectivity index (χ4v) is 3.34. The number of amides is 1. The van der Waals surface area contributed by atoms with E-state index in [0.29, 0.717) is 53.1 Å². The second-order valence-electron chi connectivity index (χ2n) is 6.36. The van der Waals surface area contributed by atoms with Crippen molar-refractivity contribution in [3.63, 3.8) is 0 Å². The minimum atomic E-state index is -0.275. The molecule has 0 atom stereocenters. The first kappa shape index (κ1) is 16.2. The Balaban J connectivity index is 1.61. The van der Waals surface area contributed by atoms with Crippen LogP contribution >= 0.6 is 0 Å². The molecule has 0 aliphatic carbocycles. The van der Waals surface area contributed by atoms with Gasteiger partial charge in [-0.2, -0.15) is 5.10 Å². The van der Waals surface area contributed by atoms with Crippen LogP contribution in [0, 0.1) is 6.92 Å². The van der Waals surface area contributed by atoms with Crippen LogP contribution in [0.15, 0.2) is 33.9 Å². The average molecular weight is 351 g/mol. The van der Waals surface area contributed by atoms with E-state index in [-0.39, 0.29) is 23.4 Å². The van der Waals surface area contributed by atoms with Crippen molar-refractivity contribution in [1.82, 2.24) is 25.1 Å². The molecule has 26 heavy (non-hydrogen) atoms. The largest absolute Gasteiger partial charge is 0.336 e. The predicted molar refractivity (Wildman–Crippen MR) is 94.8 cm³/mol. The molecule has 8 nitrogen and oxygen atoms in total. The lowest BCUT2D eigenvalue weighted by molar-refractivity contribution is -0.131. The summed E-state index contributed by atoms with van der Waals surface area (Å²) < 4.78 is 0. The van der Waals surface area contributed by atoms with E-state index in [1.807, 2.05) is 6.07 Å². The minimum Gasteiger partial charge on any atom is -0.336 e. The van der Waals surface area contributed by atoms with Gasteiger partial charge in [0, 0.05) is 17.5 Å². The van der Waals surface area contributed by atoms with Gasteiger partial charge in [0.25, 0.3) is 11.1 Å². The van der Waals surface area contributed by atoms with Gasteiger partial charge in [0.1, 0.15) is 5.82 Å². The summed E-state index contributed by atoms with van der Waals surface area (Å²) in [7, 11) is 0. The Labute approximate surface area is 147 Å². The maximum absolute atomic E-state index is 12.8. The van der Waals surface area contributed by atoms with Crippen molar-refractivity contribution in [1.29, 1.82) is 0 Å². The Morgan fingerprint density at radius 1 is 1.19 bits per heavy atom. The maximum atomic E-state index is 12.8. The first-order valence-electron chi connectivity index (χ1n) is 8.35. The predicted octanol–water partition coefficient (Wildman–Crippen LogP) is 0.442. The molecule has 2 aromatic heterocycles. The molecule has 0 spiro atoms. The molecule has 132 valence electrons. The van der Waals surface area contributed by atoms with E-state index < -0.39 is 0 Å². The fraction of sp³-hybridized carbons (Fsp3) is 0.278. The van der Waals surface area contributed by atoms with Gasteiger partial charge in [0.2, 0.25) is 5.91 Å². The van der Waals surface area contributed by atoms with Crippen molar-refractivity contribution in [2.45, 2.75) is 26.3 Å². The van der Waals surface area contributed by atoms with E-state index in [1.165, 1.54) is 0 Å². The quantitative estimate of drug-likeness (QED) is 0.696. The highest BCUT2D eigenvalue weighted by Crippen LogP contribution is 2.17. The molecular weight excluding hydrogens is 334 g/mol. The second-order valence-corrected chi connectivity index (χ2v) is 6.36. The summed E-state index contributed by atoms with van der Waals surface area (Å²) in [4.78, 5) is 45.3. The van der Waals surface area contributed by atoms with E-state index in [9.17, 15) is 14.4 Å². The van der Waals surface area contributed by atoms with Crippen molar-refractivity contribution in [2.75, 3.05) is 6.54 Å². The van der Waals surface area contributed by atoms with Crippen LogP contribution in [0.5, 0.6) is 0 Å². The van der Waals surface area contributed by atoms with Gasteiger partial charge in [0.15, 0.2) is 0 Å². The molecule has 0 unspecified atom stereocenters. The SMILES string of the molecule is Cc1nc2c(c(=O)[nH]1)CCN(C(=O)Cc1n[nH]c(=O)c3ccccc13)C2. The molecule has 8 heteroatoms. The van der Waals surface area contributed by atoms with Crippen LogP contribution in [0.3, 0.4) is 0 Å². The first-order valence-corrected chi connectivity index (χ1v) is 8.35. The highest BCUT2D eigenvalue weighted by molar-refractivity contribution is 5.88. The third kappa shape index (κ3) is 2.79. The van der Waals surface area contributed by atoms with E-state index in [4.69, 9.17) is 0 Å². The van der Waals surface area contributed by atoms with E-state index in [1.54, 1.807) is 30.0 Å². The third-order valence-corrected chi connectivity index (χ3v) is 4.64. The van der Waals surface area contributed by atoms with Crippen LogP contribution in [0.4, 0.5) is 0 Å². The van der Waals surface area contributed by atoms with Crippen LogP contribution < -0.4 is 11.1 Å². The molecule has 0 fully saturated rings. The summed E-state index contributed by atoms with van der Waals surface area (Å²) in [5.74, 6) is 0.427. The molecule has 0 saturated heterocycles. The minimum absolute atomic E-state index is 0.0782. The number of carbonyl (C=O) groups is 1. The number of nitrogens with one attached hydrogen (secondary N) is 2. The zero-order valence-corrected chi connectivity index (χ0v) is 14.2. The highest BCUT2D eigenvalue weighted by Gasteiger charge is 2.25. The lowest BCUT2D eigenvalue weighted by Crippen LogP contribution is -2.40. The molecule has 0 saturated carbocycles. The first-order chi connectivity index (χ1) is 12.5. The number of aromatic amines is 2. The van der Waals surface area contributed by atoms with Gasteiger partial charge < -0.3 is 9.88 Å². The molecule has 0 bridgehead atoms. The normalized spacial score (nSPS) is 13.7. The Morgan fingerprint density at radius 3 is 2.77 bits per heavy atom. The number of aromatic nitrogens is 4. The molecule has 1 aliphatic heterocycles. The Morgan fingerprint density at radius 2 is 1.96 bits per heavy atom. The zero-order valence-electron chi connectivity index (χ0n) is 14.2. The van der Waals surface area contributed by atoms with Crippen LogP contribution in [-0.4, -0.2) is 37.5 Å². The lowest BCUT2D eigenvalue weighted by atomic mass is 10.0. The van der Waals surface area contributed by atoms with Crippen LogP contribution in [0.1, 0.15) is 22.8 Å². The summed E-state index contributed by atoms with van der Waals surface area (Å²) in [5, 5.41) is 7.69. The standard InChI is InChI=1S/C18H17N5O3/c1-10-19-15-9-23(7-6-13(15)17(25)20-10)16(24)8-14-11-4-2-3-5-12(11)18(26)22-21-14/h2-5H,6-9H2,1H3,(H,22,26)(H,19,20,25). The molecule has 3 aromatic rings.